The zero-order chi connectivity index (χ0) is 15.9. The van der Waals surface area contributed by atoms with E-state index in [4.69, 9.17) is 9.47 Å². The number of benzene rings is 3. The van der Waals surface area contributed by atoms with Gasteiger partial charge in [0.15, 0.2) is 0 Å². The molecule has 0 amide bonds. The fourth-order valence-electron chi connectivity index (χ4n) is 2.32. The molecule has 0 saturated heterocycles. The molecule has 3 aromatic rings. The van der Waals surface area contributed by atoms with E-state index in [2.05, 4.69) is 19.1 Å². The zero-order valence-corrected chi connectivity index (χ0v) is 13.2. The van der Waals surface area contributed by atoms with Crippen LogP contribution < -0.4 is 9.47 Å². The summed E-state index contributed by atoms with van der Waals surface area (Å²) < 4.78 is 12.1. The maximum Gasteiger partial charge on any atom is 0.267 e. The van der Waals surface area contributed by atoms with Crippen molar-refractivity contribution in [2.24, 2.45) is 0 Å². The van der Waals surface area contributed by atoms with Gasteiger partial charge in [0.2, 0.25) is 0 Å². The van der Waals surface area contributed by atoms with Crippen molar-refractivity contribution in [3.05, 3.63) is 96.1 Å². The third kappa shape index (κ3) is 4.13. The lowest BCUT2D eigenvalue weighted by molar-refractivity contribution is 0.00381. The topological polar surface area (TPSA) is 18.5 Å². The van der Waals surface area contributed by atoms with Crippen LogP contribution in [0, 0.1) is 0 Å². The molecular weight excluding hydrogens is 284 g/mol. The first-order valence-electron chi connectivity index (χ1n) is 7.87. The van der Waals surface area contributed by atoms with Gasteiger partial charge in [0, 0.05) is 5.56 Å². The van der Waals surface area contributed by atoms with Gasteiger partial charge in [-0.05, 0) is 36.2 Å². The SMILES string of the molecule is CCc1ccc(OC(Oc2ccccc2)c2ccccc2)cc1. The Bertz CT molecular complexity index is 706. The Hall–Kier alpha value is -2.74. The van der Waals surface area contributed by atoms with Crippen molar-refractivity contribution in [1.29, 1.82) is 0 Å². The van der Waals surface area contributed by atoms with Gasteiger partial charge in [-0.2, -0.15) is 0 Å². The molecule has 0 N–H and O–H groups in total. The molecule has 2 heteroatoms. The lowest BCUT2D eigenvalue weighted by atomic mass is 10.2. The first kappa shape index (κ1) is 15.2. The molecule has 1 atom stereocenters. The Kier molecular flexibility index (Phi) is 4.95. The highest BCUT2D eigenvalue weighted by Crippen LogP contribution is 2.26. The van der Waals surface area contributed by atoms with Crippen LogP contribution in [0.1, 0.15) is 24.3 Å². The summed E-state index contributed by atoms with van der Waals surface area (Å²) in [5, 5.41) is 0. The van der Waals surface area contributed by atoms with E-state index >= 15 is 0 Å². The van der Waals surface area contributed by atoms with Gasteiger partial charge < -0.3 is 9.47 Å². The van der Waals surface area contributed by atoms with Crippen LogP contribution in [0.5, 0.6) is 11.5 Å². The third-order valence-corrected chi connectivity index (χ3v) is 3.63. The van der Waals surface area contributed by atoms with E-state index in [-0.39, 0.29) is 0 Å². The van der Waals surface area contributed by atoms with Gasteiger partial charge in [0.1, 0.15) is 11.5 Å². The van der Waals surface area contributed by atoms with Crippen LogP contribution in [0.2, 0.25) is 0 Å². The van der Waals surface area contributed by atoms with Crippen LogP contribution in [0.15, 0.2) is 84.9 Å². The van der Waals surface area contributed by atoms with E-state index < -0.39 is 6.29 Å². The fourth-order valence-corrected chi connectivity index (χ4v) is 2.32. The maximum atomic E-state index is 6.08. The molecule has 0 fully saturated rings. The summed E-state index contributed by atoms with van der Waals surface area (Å²) in [6.07, 6.45) is 0.536. The molecule has 3 aromatic carbocycles. The predicted octanol–water partition coefficient (Wildman–Crippen LogP) is 5.41. The average Bonchev–Trinajstić information content (AvgIpc) is 2.63. The molecule has 0 radical (unpaired) electrons. The van der Waals surface area contributed by atoms with Crippen molar-refractivity contribution < 1.29 is 9.47 Å². The molecule has 23 heavy (non-hydrogen) atoms. The summed E-state index contributed by atoms with van der Waals surface area (Å²) in [6, 6.07) is 27.8. The number of aryl methyl sites for hydroxylation is 1. The first-order chi connectivity index (χ1) is 11.3. The molecule has 116 valence electrons. The fraction of sp³-hybridized carbons (Fsp3) is 0.143. The molecule has 0 aliphatic carbocycles. The summed E-state index contributed by atoms with van der Waals surface area (Å²) in [7, 11) is 0. The minimum Gasteiger partial charge on any atom is -0.451 e. The summed E-state index contributed by atoms with van der Waals surface area (Å²) in [6.45, 7) is 2.14. The lowest BCUT2D eigenvalue weighted by Gasteiger charge is -2.21. The Morgan fingerprint density at radius 3 is 1.74 bits per heavy atom. The molecule has 2 nitrogen and oxygen atoms in total. The first-order valence-corrected chi connectivity index (χ1v) is 7.87. The highest BCUT2D eigenvalue weighted by molar-refractivity contribution is 5.29. The van der Waals surface area contributed by atoms with Gasteiger partial charge in [0.05, 0.1) is 0 Å². The van der Waals surface area contributed by atoms with Crippen LogP contribution in [-0.4, -0.2) is 0 Å². The Morgan fingerprint density at radius 1 is 0.652 bits per heavy atom. The van der Waals surface area contributed by atoms with Gasteiger partial charge in [-0.1, -0.05) is 67.6 Å². The van der Waals surface area contributed by atoms with E-state index in [1.54, 1.807) is 0 Å². The van der Waals surface area contributed by atoms with Gasteiger partial charge in [-0.25, -0.2) is 0 Å². The van der Waals surface area contributed by atoms with Gasteiger partial charge >= 0.3 is 0 Å². The second-order valence-corrected chi connectivity index (χ2v) is 5.29. The van der Waals surface area contributed by atoms with Gasteiger partial charge in [-0.3, -0.25) is 0 Å². The Balaban J connectivity index is 1.82. The van der Waals surface area contributed by atoms with E-state index in [1.807, 2.05) is 72.8 Å². The molecule has 0 bridgehead atoms. The molecule has 0 heterocycles. The minimum absolute atomic E-state index is 0.480. The molecule has 0 aliphatic heterocycles. The van der Waals surface area contributed by atoms with Crippen molar-refractivity contribution in [2.75, 3.05) is 0 Å². The number of hydrogen-bond acceptors (Lipinski definition) is 2. The molecule has 0 spiro atoms. The normalized spacial score (nSPS) is 11.7. The zero-order valence-electron chi connectivity index (χ0n) is 13.2. The van der Waals surface area contributed by atoms with E-state index in [0.29, 0.717) is 0 Å². The number of ether oxygens (including phenoxy) is 2. The number of hydrogen-bond donors (Lipinski definition) is 0. The van der Waals surface area contributed by atoms with Crippen LogP contribution in [0.25, 0.3) is 0 Å². The van der Waals surface area contributed by atoms with Gasteiger partial charge in [-0.15, -0.1) is 0 Å². The monoisotopic (exact) mass is 304 g/mol. The lowest BCUT2D eigenvalue weighted by Crippen LogP contribution is -2.14. The van der Waals surface area contributed by atoms with Crippen LogP contribution >= 0.6 is 0 Å². The van der Waals surface area contributed by atoms with E-state index in [0.717, 1.165) is 23.5 Å². The van der Waals surface area contributed by atoms with Crippen LogP contribution in [0.3, 0.4) is 0 Å². The summed E-state index contributed by atoms with van der Waals surface area (Å²) >= 11 is 0. The molecule has 0 aromatic heterocycles. The van der Waals surface area contributed by atoms with Crippen LogP contribution in [0.4, 0.5) is 0 Å². The molecular formula is C21H20O2. The van der Waals surface area contributed by atoms with E-state index in [9.17, 15) is 0 Å². The summed E-state index contributed by atoms with van der Waals surface area (Å²) in [4.78, 5) is 0. The predicted molar refractivity (Wildman–Crippen MR) is 92.7 cm³/mol. The smallest absolute Gasteiger partial charge is 0.267 e. The number of rotatable bonds is 6. The standard InChI is InChI=1S/C21H20O2/c1-2-17-13-15-20(16-14-17)23-21(18-9-5-3-6-10-18)22-19-11-7-4-8-12-19/h3-16,21H,2H2,1H3. The quantitative estimate of drug-likeness (QED) is 0.567. The Labute approximate surface area is 137 Å². The number of para-hydroxylation sites is 1. The molecule has 0 aliphatic rings. The van der Waals surface area contributed by atoms with Crippen molar-refractivity contribution in [3.63, 3.8) is 0 Å². The maximum absolute atomic E-state index is 6.08. The molecule has 1 unspecified atom stereocenters. The third-order valence-electron chi connectivity index (χ3n) is 3.63. The van der Waals surface area contributed by atoms with Crippen molar-refractivity contribution >= 4 is 0 Å². The Morgan fingerprint density at radius 2 is 1.17 bits per heavy atom. The highest BCUT2D eigenvalue weighted by Gasteiger charge is 2.15. The van der Waals surface area contributed by atoms with Crippen LogP contribution in [-0.2, 0) is 6.42 Å². The molecule has 0 saturated carbocycles. The second-order valence-electron chi connectivity index (χ2n) is 5.29. The van der Waals surface area contributed by atoms with Crippen molar-refractivity contribution in [2.45, 2.75) is 19.6 Å². The van der Waals surface area contributed by atoms with E-state index in [1.165, 1.54) is 5.56 Å². The summed E-state index contributed by atoms with van der Waals surface area (Å²) in [5.41, 5.74) is 2.27. The average molecular weight is 304 g/mol. The van der Waals surface area contributed by atoms with Crippen molar-refractivity contribution in [1.82, 2.24) is 0 Å². The summed E-state index contributed by atoms with van der Waals surface area (Å²) in [5.74, 6) is 1.58. The largest absolute Gasteiger partial charge is 0.451 e. The molecule has 3 rings (SSSR count). The highest BCUT2D eigenvalue weighted by atomic mass is 16.7. The van der Waals surface area contributed by atoms with Gasteiger partial charge in [0.25, 0.3) is 6.29 Å². The second kappa shape index (κ2) is 7.50. The minimum atomic E-state index is -0.480. The van der Waals surface area contributed by atoms with Crippen molar-refractivity contribution in [3.8, 4) is 11.5 Å².